The van der Waals surface area contributed by atoms with E-state index in [1.807, 2.05) is 20.8 Å². The number of aryl methyl sites for hydroxylation is 1. The number of hydrogen-bond acceptors (Lipinski definition) is 3. The molecule has 0 saturated carbocycles. The van der Waals surface area contributed by atoms with Gasteiger partial charge in [-0.1, -0.05) is 25.4 Å². The maximum Gasteiger partial charge on any atom is 0.258 e. The normalized spacial score (nSPS) is 12.1. The van der Waals surface area contributed by atoms with Crippen LogP contribution in [0.1, 0.15) is 26.3 Å². The zero-order valence-corrected chi connectivity index (χ0v) is 13.0. The van der Waals surface area contributed by atoms with Gasteiger partial charge in [0.2, 0.25) is 0 Å². The number of Topliss-reactive ketones (excluding diaryl/α,β-unsaturated/α-hetero) is 1. The molecule has 0 saturated heterocycles. The fraction of sp³-hybridized carbons (Fsp3) is 0.467. The third-order valence-electron chi connectivity index (χ3n) is 2.92. The first kappa shape index (κ1) is 16.5. The van der Waals surface area contributed by atoms with Gasteiger partial charge in [0.1, 0.15) is 5.75 Å². The Morgan fingerprint density at radius 2 is 2.00 bits per heavy atom. The van der Waals surface area contributed by atoms with Gasteiger partial charge in [0.25, 0.3) is 5.91 Å². The van der Waals surface area contributed by atoms with Crippen molar-refractivity contribution in [1.82, 2.24) is 5.32 Å². The second kappa shape index (κ2) is 7.29. The molecular formula is C15H20ClNO3. The van der Waals surface area contributed by atoms with E-state index in [2.05, 4.69) is 5.32 Å². The van der Waals surface area contributed by atoms with Crippen molar-refractivity contribution in [2.75, 3.05) is 6.61 Å². The highest BCUT2D eigenvalue weighted by atomic mass is 35.5. The molecule has 0 aromatic heterocycles. The van der Waals surface area contributed by atoms with E-state index < -0.39 is 6.04 Å². The summed E-state index contributed by atoms with van der Waals surface area (Å²) in [7, 11) is 0. The molecule has 0 spiro atoms. The van der Waals surface area contributed by atoms with Crippen LogP contribution >= 0.6 is 11.6 Å². The van der Waals surface area contributed by atoms with E-state index >= 15 is 0 Å². The molecule has 1 N–H and O–H groups in total. The molecule has 4 nitrogen and oxygen atoms in total. The second-order valence-electron chi connectivity index (χ2n) is 5.10. The second-order valence-corrected chi connectivity index (χ2v) is 5.53. The molecule has 0 fully saturated rings. The van der Waals surface area contributed by atoms with Crippen LogP contribution in [0.15, 0.2) is 18.2 Å². The van der Waals surface area contributed by atoms with Gasteiger partial charge in [-0.15, -0.1) is 0 Å². The van der Waals surface area contributed by atoms with E-state index in [0.29, 0.717) is 10.8 Å². The minimum atomic E-state index is -0.475. The zero-order chi connectivity index (χ0) is 15.3. The first-order valence-electron chi connectivity index (χ1n) is 6.50. The van der Waals surface area contributed by atoms with Crippen molar-refractivity contribution in [2.45, 2.75) is 33.7 Å². The molecule has 1 amide bonds. The Balaban J connectivity index is 2.57. The average Bonchev–Trinajstić information content (AvgIpc) is 2.34. The van der Waals surface area contributed by atoms with Crippen LogP contribution in [-0.2, 0) is 9.59 Å². The summed E-state index contributed by atoms with van der Waals surface area (Å²) in [4.78, 5) is 23.2. The summed E-state index contributed by atoms with van der Waals surface area (Å²) in [5.74, 6) is 0.284. The van der Waals surface area contributed by atoms with Gasteiger partial charge >= 0.3 is 0 Å². The molecule has 1 rings (SSSR count). The van der Waals surface area contributed by atoms with E-state index in [4.69, 9.17) is 16.3 Å². The fourth-order valence-corrected chi connectivity index (χ4v) is 2.10. The number of hydrogen-bond donors (Lipinski definition) is 1. The van der Waals surface area contributed by atoms with Gasteiger partial charge in [-0.3, -0.25) is 9.59 Å². The number of carbonyl (C=O) groups excluding carboxylic acids is 2. The van der Waals surface area contributed by atoms with Gasteiger partial charge in [0.05, 0.1) is 6.04 Å². The highest BCUT2D eigenvalue weighted by Crippen LogP contribution is 2.21. The summed E-state index contributed by atoms with van der Waals surface area (Å²) in [6, 6.07) is 4.71. The minimum Gasteiger partial charge on any atom is -0.484 e. The maximum atomic E-state index is 11.8. The lowest BCUT2D eigenvalue weighted by molar-refractivity contribution is -0.129. The maximum absolute atomic E-state index is 11.8. The van der Waals surface area contributed by atoms with Crippen LogP contribution < -0.4 is 10.1 Å². The van der Waals surface area contributed by atoms with Gasteiger partial charge in [-0.2, -0.15) is 0 Å². The SMILES string of the molecule is CC(=O)C(NC(=O)COc1ccc(Cl)cc1C)C(C)C. The molecule has 0 aliphatic carbocycles. The van der Waals surface area contributed by atoms with Gasteiger partial charge in [-0.05, 0) is 43.5 Å². The summed E-state index contributed by atoms with van der Waals surface area (Å²) < 4.78 is 5.43. The molecule has 1 aromatic rings. The number of ketones is 1. The molecule has 0 radical (unpaired) electrons. The molecule has 0 bridgehead atoms. The number of rotatable bonds is 6. The highest BCUT2D eigenvalue weighted by molar-refractivity contribution is 6.30. The standard InChI is InChI=1S/C15H20ClNO3/c1-9(2)15(11(4)18)17-14(19)8-20-13-6-5-12(16)7-10(13)3/h5-7,9,15H,8H2,1-4H3,(H,17,19). The van der Waals surface area contributed by atoms with Crippen LogP contribution in [0, 0.1) is 12.8 Å². The van der Waals surface area contributed by atoms with Crippen LogP contribution in [-0.4, -0.2) is 24.3 Å². The molecule has 1 aromatic carbocycles. The van der Waals surface area contributed by atoms with Gasteiger partial charge < -0.3 is 10.1 Å². The number of halogens is 1. The Bertz CT molecular complexity index is 500. The van der Waals surface area contributed by atoms with Gasteiger partial charge in [0.15, 0.2) is 12.4 Å². The Kier molecular flexibility index (Phi) is 6.02. The monoisotopic (exact) mass is 297 g/mol. The van der Waals surface area contributed by atoms with Crippen molar-refractivity contribution in [3.63, 3.8) is 0 Å². The molecule has 0 aliphatic rings. The number of nitrogens with one attached hydrogen (secondary N) is 1. The minimum absolute atomic E-state index is 0.0497. The van der Waals surface area contributed by atoms with Crippen molar-refractivity contribution in [2.24, 2.45) is 5.92 Å². The smallest absolute Gasteiger partial charge is 0.258 e. The molecule has 110 valence electrons. The summed E-state index contributed by atoms with van der Waals surface area (Å²) in [5, 5.41) is 3.30. The molecule has 20 heavy (non-hydrogen) atoms. The lowest BCUT2D eigenvalue weighted by Crippen LogP contribution is -2.45. The van der Waals surface area contributed by atoms with E-state index in [0.717, 1.165) is 5.56 Å². The summed E-state index contributed by atoms with van der Waals surface area (Å²) in [5.41, 5.74) is 0.859. The van der Waals surface area contributed by atoms with Crippen molar-refractivity contribution in [3.05, 3.63) is 28.8 Å². The molecule has 1 unspecified atom stereocenters. The third-order valence-corrected chi connectivity index (χ3v) is 3.15. The Hall–Kier alpha value is -1.55. The van der Waals surface area contributed by atoms with Gasteiger partial charge in [0, 0.05) is 5.02 Å². The lowest BCUT2D eigenvalue weighted by Gasteiger charge is -2.19. The third kappa shape index (κ3) is 4.85. The Morgan fingerprint density at radius 1 is 1.35 bits per heavy atom. The van der Waals surface area contributed by atoms with Gasteiger partial charge in [-0.25, -0.2) is 0 Å². The first-order chi connectivity index (χ1) is 9.31. The summed E-state index contributed by atoms with van der Waals surface area (Å²) >= 11 is 5.85. The quantitative estimate of drug-likeness (QED) is 0.878. The van der Waals surface area contributed by atoms with Crippen molar-refractivity contribution >= 4 is 23.3 Å². The predicted octanol–water partition coefficient (Wildman–Crippen LogP) is 2.76. The predicted molar refractivity (Wildman–Crippen MR) is 79.1 cm³/mol. The molecular weight excluding hydrogens is 278 g/mol. The van der Waals surface area contributed by atoms with Crippen LogP contribution in [0.4, 0.5) is 0 Å². The van der Waals surface area contributed by atoms with E-state index in [9.17, 15) is 9.59 Å². The molecule has 5 heteroatoms. The van der Waals surface area contributed by atoms with Crippen molar-refractivity contribution < 1.29 is 14.3 Å². The fourth-order valence-electron chi connectivity index (χ4n) is 1.87. The van der Waals surface area contributed by atoms with Crippen molar-refractivity contribution in [1.29, 1.82) is 0 Å². The number of carbonyl (C=O) groups is 2. The zero-order valence-electron chi connectivity index (χ0n) is 12.2. The Morgan fingerprint density at radius 3 is 2.50 bits per heavy atom. The molecule has 0 aliphatic heterocycles. The Labute approximate surface area is 124 Å². The van der Waals surface area contributed by atoms with Crippen LogP contribution in [0.5, 0.6) is 5.75 Å². The van der Waals surface area contributed by atoms with Crippen molar-refractivity contribution in [3.8, 4) is 5.75 Å². The summed E-state index contributed by atoms with van der Waals surface area (Å²) in [6.45, 7) is 6.97. The number of ether oxygens (including phenoxy) is 1. The number of benzene rings is 1. The van der Waals surface area contributed by atoms with Crippen LogP contribution in [0.25, 0.3) is 0 Å². The van der Waals surface area contributed by atoms with E-state index in [-0.39, 0.29) is 24.2 Å². The average molecular weight is 298 g/mol. The van der Waals surface area contributed by atoms with Crippen LogP contribution in [0.2, 0.25) is 5.02 Å². The van der Waals surface area contributed by atoms with Crippen LogP contribution in [0.3, 0.4) is 0 Å². The lowest BCUT2D eigenvalue weighted by atomic mass is 10.0. The topological polar surface area (TPSA) is 55.4 Å². The van der Waals surface area contributed by atoms with E-state index in [1.165, 1.54) is 6.92 Å². The summed E-state index contributed by atoms with van der Waals surface area (Å²) in [6.07, 6.45) is 0. The van der Waals surface area contributed by atoms with E-state index in [1.54, 1.807) is 18.2 Å². The number of amides is 1. The first-order valence-corrected chi connectivity index (χ1v) is 6.87. The largest absolute Gasteiger partial charge is 0.484 e. The highest BCUT2D eigenvalue weighted by Gasteiger charge is 2.20. The molecule has 1 atom stereocenters. The molecule has 0 heterocycles.